The number of phosphoric acid groups is 1. The van der Waals surface area contributed by atoms with Crippen LogP contribution in [0.2, 0.25) is 0 Å². The van der Waals surface area contributed by atoms with Crippen molar-refractivity contribution in [3.63, 3.8) is 0 Å². The third-order valence-electron chi connectivity index (χ3n) is 9.42. The maximum absolute atomic E-state index is 13.6. The summed E-state index contributed by atoms with van der Waals surface area (Å²) in [6, 6.07) is 0. The summed E-state index contributed by atoms with van der Waals surface area (Å²) in [5.74, 6) is -1.17. The highest BCUT2D eigenvalue weighted by Gasteiger charge is 2.28. The lowest BCUT2D eigenvalue weighted by Gasteiger charge is -2.29. The number of hydrogen-bond donors (Lipinski definition) is 0. The highest BCUT2D eigenvalue weighted by Crippen LogP contribution is 2.38. The summed E-state index contributed by atoms with van der Waals surface area (Å²) in [5, 5.41) is 0. The van der Waals surface area contributed by atoms with Gasteiger partial charge in [-0.3, -0.25) is 14.2 Å². The summed E-state index contributed by atoms with van der Waals surface area (Å²) < 4.78 is 35.3. The number of unbranched alkanes of at least 4 members (excludes halogenated alkanes) is 16. The number of carbonyl (C=O) groups excluding carboxylic acids is 2. The molecule has 0 bridgehead atoms. The zero-order chi connectivity index (χ0) is 37.5. The van der Waals surface area contributed by atoms with Gasteiger partial charge in [0.05, 0.1) is 39.6 Å². The van der Waals surface area contributed by atoms with E-state index < -0.39 is 20.5 Å². The fraction of sp³-hybridized carbons (Fsp3) is 0.950. The number of carbonyl (C=O) groups is 2. The Hall–Kier alpha value is -0.990. The maximum atomic E-state index is 13.6. The number of nitrogens with zero attached hydrogens (tertiary/aromatic N) is 1. The predicted octanol–water partition coefficient (Wildman–Crippen LogP) is 10.3. The highest BCUT2D eigenvalue weighted by molar-refractivity contribution is 7.45. The minimum Gasteiger partial charge on any atom is -0.756 e. The lowest BCUT2D eigenvalue weighted by Crippen LogP contribution is -2.38. The van der Waals surface area contributed by atoms with Crippen molar-refractivity contribution in [3.8, 4) is 0 Å². The van der Waals surface area contributed by atoms with E-state index in [-0.39, 0.29) is 37.0 Å². The van der Waals surface area contributed by atoms with Gasteiger partial charge < -0.3 is 27.9 Å². The first kappa shape index (κ1) is 49.0. The van der Waals surface area contributed by atoms with E-state index in [1.54, 1.807) is 0 Å². The Labute approximate surface area is 308 Å². The molecule has 0 saturated carbocycles. The number of hydrogen-bond acceptors (Lipinski definition) is 8. The summed E-state index contributed by atoms with van der Waals surface area (Å²) in [7, 11) is 1.16. The SMILES string of the molecule is CCCCCCCCC(CCCCCC)C(=O)OC[C@H](COP(=O)([O-])OCC[N+](C)(C)C)OC(=O)C(CCCCCC)CCCCCCCC. The van der Waals surface area contributed by atoms with Crippen LogP contribution in [0, 0.1) is 11.8 Å². The van der Waals surface area contributed by atoms with Gasteiger partial charge in [-0.2, -0.15) is 0 Å². The molecule has 0 N–H and O–H groups in total. The van der Waals surface area contributed by atoms with E-state index in [0.29, 0.717) is 11.0 Å². The Morgan fingerprint density at radius 2 is 0.940 bits per heavy atom. The van der Waals surface area contributed by atoms with E-state index in [0.717, 1.165) is 109 Å². The number of esters is 2. The normalized spacial score (nSPS) is 15.0. The molecule has 50 heavy (non-hydrogen) atoms. The van der Waals surface area contributed by atoms with Crippen molar-refractivity contribution in [2.45, 2.75) is 188 Å². The van der Waals surface area contributed by atoms with E-state index in [1.165, 1.54) is 44.9 Å². The number of rotatable bonds is 36. The van der Waals surface area contributed by atoms with Crippen LogP contribution in [0.5, 0.6) is 0 Å². The first-order valence-corrected chi connectivity index (χ1v) is 22.1. The lowest BCUT2D eigenvalue weighted by atomic mass is 9.94. The van der Waals surface area contributed by atoms with Gasteiger partial charge in [-0.1, -0.05) is 156 Å². The molecule has 0 aromatic heterocycles. The van der Waals surface area contributed by atoms with Crippen molar-refractivity contribution in [1.29, 1.82) is 0 Å². The molecule has 0 aromatic carbocycles. The molecule has 0 aliphatic heterocycles. The van der Waals surface area contributed by atoms with Crippen molar-refractivity contribution >= 4 is 19.8 Å². The van der Waals surface area contributed by atoms with Gasteiger partial charge in [0.15, 0.2) is 6.10 Å². The zero-order valence-corrected chi connectivity index (χ0v) is 34.6. The zero-order valence-electron chi connectivity index (χ0n) is 33.7. The molecule has 0 saturated heterocycles. The summed E-state index contributed by atoms with van der Waals surface area (Å²) in [5.41, 5.74) is 0. The smallest absolute Gasteiger partial charge is 0.309 e. The number of likely N-dealkylation sites (N-methyl/N-ethyl adjacent to an activating group) is 1. The quantitative estimate of drug-likeness (QED) is 0.0271. The average molecular weight is 734 g/mol. The van der Waals surface area contributed by atoms with Gasteiger partial charge in [0, 0.05) is 0 Å². The second-order valence-corrected chi connectivity index (χ2v) is 16.9. The summed E-state index contributed by atoms with van der Waals surface area (Å²) in [6.07, 6.45) is 24.2. The van der Waals surface area contributed by atoms with E-state index in [9.17, 15) is 19.0 Å². The topological polar surface area (TPSA) is 111 Å². The minimum atomic E-state index is -4.66. The molecular formula is C40H80NO8P. The van der Waals surface area contributed by atoms with Crippen molar-refractivity contribution in [1.82, 2.24) is 0 Å². The third kappa shape index (κ3) is 29.6. The van der Waals surface area contributed by atoms with Crippen molar-refractivity contribution in [3.05, 3.63) is 0 Å². The highest BCUT2D eigenvalue weighted by atomic mass is 31.2. The molecule has 0 fully saturated rings. The second-order valence-electron chi connectivity index (χ2n) is 15.5. The van der Waals surface area contributed by atoms with Crippen molar-refractivity contribution in [2.24, 2.45) is 11.8 Å². The van der Waals surface area contributed by atoms with Gasteiger partial charge in [-0.15, -0.1) is 0 Å². The first-order valence-electron chi connectivity index (χ1n) is 20.7. The van der Waals surface area contributed by atoms with E-state index in [4.69, 9.17) is 18.5 Å². The maximum Gasteiger partial charge on any atom is 0.309 e. The Balaban J connectivity index is 5.65. The van der Waals surface area contributed by atoms with Gasteiger partial charge in [0.1, 0.15) is 19.8 Å². The van der Waals surface area contributed by atoms with Crippen LogP contribution in [-0.2, 0) is 32.7 Å². The fourth-order valence-electron chi connectivity index (χ4n) is 6.04. The monoisotopic (exact) mass is 734 g/mol. The van der Waals surface area contributed by atoms with Crippen LogP contribution in [0.3, 0.4) is 0 Å². The molecule has 298 valence electrons. The molecule has 4 atom stereocenters. The molecule has 0 rings (SSSR count). The van der Waals surface area contributed by atoms with Gasteiger partial charge >= 0.3 is 11.9 Å². The van der Waals surface area contributed by atoms with Crippen LogP contribution >= 0.6 is 7.82 Å². The summed E-state index contributed by atoms with van der Waals surface area (Å²) in [4.78, 5) is 39.7. The first-order chi connectivity index (χ1) is 23.9. The molecule has 9 nitrogen and oxygen atoms in total. The minimum absolute atomic E-state index is 0.0278. The van der Waals surface area contributed by atoms with Gasteiger partial charge in [0.2, 0.25) is 0 Å². The van der Waals surface area contributed by atoms with Crippen LogP contribution in [0.4, 0.5) is 0 Å². The third-order valence-corrected chi connectivity index (χ3v) is 10.4. The van der Waals surface area contributed by atoms with Gasteiger partial charge in [-0.25, -0.2) is 0 Å². The Kier molecular flexibility index (Phi) is 30.9. The molecule has 0 aliphatic carbocycles. The van der Waals surface area contributed by atoms with E-state index >= 15 is 0 Å². The van der Waals surface area contributed by atoms with E-state index in [2.05, 4.69) is 27.7 Å². The molecule has 10 heteroatoms. The summed E-state index contributed by atoms with van der Waals surface area (Å²) >= 11 is 0. The van der Waals surface area contributed by atoms with Gasteiger partial charge in [-0.05, 0) is 25.7 Å². The molecule has 3 unspecified atom stereocenters. The predicted molar refractivity (Wildman–Crippen MR) is 204 cm³/mol. The molecule has 0 radical (unpaired) electrons. The van der Waals surface area contributed by atoms with Gasteiger partial charge in [0.25, 0.3) is 7.82 Å². The Bertz CT molecular complexity index is 865. The molecule has 0 amide bonds. The molecular weight excluding hydrogens is 653 g/mol. The van der Waals surface area contributed by atoms with Crippen LogP contribution in [0.15, 0.2) is 0 Å². The lowest BCUT2D eigenvalue weighted by molar-refractivity contribution is -0.870. The van der Waals surface area contributed by atoms with Crippen LogP contribution in [0.1, 0.15) is 182 Å². The van der Waals surface area contributed by atoms with Crippen molar-refractivity contribution in [2.75, 3.05) is 47.5 Å². The second kappa shape index (κ2) is 31.5. The van der Waals surface area contributed by atoms with Crippen LogP contribution in [0.25, 0.3) is 0 Å². The number of ether oxygens (including phenoxy) is 2. The number of phosphoric ester groups is 1. The number of quaternary nitrogens is 1. The Morgan fingerprint density at radius 3 is 1.36 bits per heavy atom. The fourth-order valence-corrected chi connectivity index (χ4v) is 6.77. The van der Waals surface area contributed by atoms with E-state index in [1.807, 2.05) is 21.1 Å². The molecule has 0 spiro atoms. The largest absolute Gasteiger partial charge is 0.756 e. The summed E-state index contributed by atoms with van der Waals surface area (Å²) in [6.45, 7) is 8.49. The standard InChI is InChI=1S/C40H80NO8P/c1-8-12-16-20-22-26-29-36(28-24-18-14-10-3)39(42)46-34-38(35-48-50(44,45)47-33-32-41(5,6)7)49-40(43)37(30-25-19-15-11-4)31-27-23-21-17-13-9-2/h36-38H,8-35H2,1-7H3/t36?,37?,38-/m1/s1. The van der Waals surface area contributed by atoms with Crippen molar-refractivity contribution < 1.29 is 42.1 Å². The molecule has 0 aliphatic rings. The average Bonchev–Trinajstić information content (AvgIpc) is 3.06. The molecule has 0 aromatic rings. The van der Waals surface area contributed by atoms with Crippen LogP contribution < -0.4 is 4.89 Å². The van der Waals surface area contributed by atoms with Crippen LogP contribution in [-0.4, -0.2) is 70.0 Å². The Morgan fingerprint density at radius 1 is 0.560 bits per heavy atom. The molecule has 0 heterocycles.